The number of hydrogen-bond donors (Lipinski definition) is 1. The van der Waals surface area contributed by atoms with Gasteiger partial charge in [-0.2, -0.15) is 5.26 Å². The largest absolute Gasteiger partial charge is 0.481 e. The van der Waals surface area contributed by atoms with Gasteiger partial charge in [0.2, 0.25) is 5.13 Å². The Morgan fingerprint density at radius 1 is 1.52 bits per heavy atom. The maximum atomic E-state index is 12.1. The molecule has 1 atom stereocenters. The van der Waals surface area contributed by atoms with Crippen LogP contribution >= 0.6 is 23.1 Å². The number of amides is 1. The zero-order chi connectivity index (χ0) is 16.7. The highest BCUT2D eigenvalue weighted by Gasteiger charge is 2.17. The van der Waals surface area contributed by atoms with Gasteiger partial charge >= 0.3 is 0 Å². The van der Waals surface area contributed by atoms with E-state index in [4.69, 9.17) is 10.00 Å². The third-order valence-corrected chi connectivity index (χ3v) is 4.59. The minimum absolute atomic E-state index is 0.314. The number of aromatic nitrogens is 2. The Morgan fingerprint density at radius 3 is 2.91 bits per heavy atom. The first-order valence-corrected chi connectivity index (χ1v) is 8.47. The fourth-order valence-electron chi connectivity index (χ4n) is 1.52. The van der Waals surface area contributed by atoms with Crippen molar-refractivity contribution in [3.63, 3.8) is 0 Å². The fraction of sp³-hybridized carbons (Fsp3) is 0.200. The standard InChI is InChI=1S/C15H14N4O2S2/c1-3-8-22-15-19-18-14(23-15)17-13(20)10(2)21-12-6-4-11(9-16)5-7-12/h3-7,10H,1,8H2,2H3,(H,17,18,20). The molecule has 8 heteroatoms. The van der Waals surface area contributed by atoms with Crippen LogP contribution in [0.3, 0.4) is 0 Å². The lowest BCUT2D eigenvalue weighted by Crippen LogP contribution is -2.30. The van der Waals surface area contributed by atoms with Crippen molar-refractivity contribution >= 4 is 34.1 Å². The molecule has 2 aromatic rings. The molecule has 1 heterocycles. The molecule has 1 unspecified atom stereocenters. The molecule has 0 saturated carbocycles. The van der Waals surface area contributed by atoms with E-state index in [9.17, 15) is 4.79 Å². The van der Waals surface area contributed by atoms with Gasteiger partial charge in [0.25, 0.3) is 5.91 Å². The second-order valence-corrected chi connectivity index (χ2v) is 6.60. The number of ether oxygens (including phenoxy) is 1. The number of rotatable bonds is 7. The normalized spacial score (nSPS) is 11.3. The highest BCUT2D eigenvalue weighted by atomic mass is 32.2. The Bertz CT molecular complexity index is 722. The number of carbonyl (C=O) groups excluding carboxylic acids is 1. The van der Waals surface area contributed by atoms with E-state index in [-0.39, 0.29) is 5.91 Å². The molecule has 0 fully saturated rings. The van der Waals surface area contributed by atoms with E-state index < -0.39 is 6.10 Å². The van der Waals surface area contributed by atoms with Gasteiger partial charge in [-0.25, -0.2) is 0 Å². The van der Waals surface area contributed by atoms with Crippen LogP contribution in [-0.4, -0.2) is 28.0 Å². The van der Waals surface area contributed by atoms with Crippen molar-refractivity contribution < 1.29 is 9.53 Å². The summed E-state index contributed by atoms with van der Waals surface area (Å²) in [6.45, 7) is 5.28. The molecule has 0 bridgehead atoms. The van der Waals surface area contributed by atoms with Crippen LogP contribution in [0.15, 0.2) is 41.3 Å². The predicted molar refractivity (Wildman–Crippen MR) is 90.7 cm³/mol. The zero-order valence-corrected chi connectivity index (χ0v) is 14.0. The Morgan fingerprint density at radius 2 is 2.26 bits per heavy atom. The lowest BCUT2D eigenvalue weighted by Gasteiger charge is -2.13. The fourth-order valence-corrected chi connectivity index (χ4v) is 3.04. The van der Waals surface area contributed by atoms with Gasteiger partial charge < -0.3 is 4.74 Å². The molecular weight excluding hydrogens is 332 g/mol. The lowest BCUT2D eigenvalue weighted by molar-refractivity contribution is -0.122. The summed E-state index contributed by atoms with van der Waals surface area (Å²) < 4.78 is 6.30. The molecule has 0 aliphatic carbocycles. The van der Waals surface area contributed by atoms with Crippen LogP contribution in [0.2, 0.25) is 0 Å². The van der Waals surface area contributed by atoms with Crippen LogP contribution in [0.4, 0.5) is 5.13 Å². The number of nitrogens with one attached hydrogen (secondary N) is 1. The molecule has 1 aromatic carbocycles. The van der Waals surface area contributed by atoms with Crippen molar-refractivity contribution in [3.05, 3.63) is 42.5 Å². The maximum absolute atomic E-state index is 12.1. The van der Waals surface area contributed by atoms with Crippen molar-refractivity contribution in [1.82, 2.24) is 10.2 Å². The Labute approximate surface area is 142 Å². The van der Waals surface area contributed by atoms with Gasteiger partial charge in [0, 0.05) is 5.75 Å². The molecule has 1 aromatic heterocycles. The van der Waals surface area contributed by atoms with Crippen molar-refractivity contribution in [2.75, 3.05) is 11.1 Å². The molecule has 6 nitrogen and oxygen atoms in total. The molecule has 1 N–H and O–H groups in total. The van der Waals surface area contributed by atoms with Crippen LogP contribution < -0.4 is 10.1 Å². The summed E-state index contributed by atoms with van der Waals surface area (Å²) in [6, 6.07) is 8.59. The first kappa shape index (κ1) is 17.0. The lowest BCUT2D eigenvalue weighted by atomic mass is 10.2. The first-order chi connectivity index (χ1) is 11.1. The Balaban J connectivity index is 1.90. The van der Waals surface area contributed by atoms with Crippen molar-refractivity contribution in [1.29, 1.82) is 5.26 Å². The summed E-state index contributed by atoms with van der Waals surface area (Å²) >= 11 is 2.80. The summed E-state index contributed by atoms with van der Waals surface area (Å²) in [7, 11) is 0. The summed E-state index contributed by atoms with van der Waals surface area (Å²) in [4.78, 5) is 12.1. The number of anilines is 1. The van der Waals surface area contributed by atoms with Crippen LogP contribution in [-0.2, 0) is 4.79 Å². The smallest absolute Gasteiger partial charge is 0.266 e. The molecule has 0 saturated heterocycles. The van der Waals surface area contributed by atoms with E-state index in [1.165, 1.54) is 23.1 Å². The van der Waals surface area contributed by atoms with Gasteiger partial charge in [0.15, 0.2) is 10.4 Å². The number of nitriles is 1. The number of hydrogen-bond acceptors (Lipinski definition) is 7. The van der Waals surface area contributed by atoms with Crippen molar-refractivity contribution in [3.8, 4) is 11.8 Å². The summed E-state index contributed by atoms with van der Waals surface area (Å²) in [5.74, 6) is 0.942. The van der Waals surface area contributed by atoms with Gasteiger partial charge in [0.05, 0.1) is 11.6 Å². The molecular formula is C15H14N4O2S2. The number of benzene rings is 1. The maximum Gasteiger partial charge on any atom is 0.266 e. The molecule has 1 amide bonds. The van der Waals surface area contributed by atoms with Crippen LogP contribution in [0.5, 0.6) is 5.75 Å². The van der Waals surface area contributed by atoms with E-state index in [0.717, 1.165) is 10.1 Å². The van der Waals surface area contributed by atoms with Gasteiger partial charge in [-0.3, -0.25) is 10.1 Å². The van der Waals surface area contributed by atoms with E-state index >= 15 is 0 Å². The van der Waals surface area contributed by atoms with Crippen LogP contribution in [0.1, 0.15) is 12.5 Å². The monoisotopic (exact) mass is 346 g/mol. The molecule has 0 aliphatic heterocycles. The molecule has 2 rings (SSSR count). The Hall–Kier alpha value is -2.37. The number of thioether (sulfide) groups is 1. The van der Waals surface area contributed by atoms with Gasteiger partial charge in [0.1, 0.15) is 5.75 Å². The Kier molecular flexibility index (Phi) is 6.14. The van der Waals surface area contributed by atoms with Crippen LogP contribution in [0.25, 0.3) is 0 Å². The predicted octanol–water partition coefficient (Wildman–Crippen LogP) is 3.09. The SMILES string of the molecule is C=CCSc1nnc(NC(=O)C(C)Oc2ccc(C#N)cc2)s1. The van der Waals surface area contributed by atoms with Crippen molar-refractivity contribution in [2.45, 2.75) is 17.4 Å². The zero-order valence-electron chi connectivity index (χ0n) is 12.4. The third-order valence-electron chi connectivity index (χ3n) is 2.63. The van der Waals surface area contributed by atoms with E-state index in [1.54, 1.807) is 37.3 Å². The quantitative estimate of drug-likeness (QED) is 0.471. The van der Waals surface area contributed by atoms with Crippen molar-refractivity contribution in [2.24, 2.45) is 0 Å². The molecule has 23 heavy (non-hydrogen) atoms. The highest BCUT2D eigenvalue weighted by Crippen LogP contribution is 2.25. The van der Waals surface area contributed by atoms with E-state index in [2.05, 4.69) is 22.1 Å². The molecule has 118 valence electrons. The van der Waals surface area contributed by atoms with E-state index in [0.29, 0.717) is 16.4 Å². The average molecular weight is 346 g/mol. The summed E-state index contributed by atoms with van der Waals surface area (Å²) in [5, 5.41) is 19.7. The second kappa shape index (κ2) is 8.31. The molecule has 0 radical (unpaired) electrons. The van der Waals surface area contributed by atoms with Gasteiger partial charge in [-0.15, -0.1) is 16.8 Å². The van der Waals surface area contributed by atoms with Gasteiger partial charge in [-0.1, -0.05) is 29.2 Å². The molecule has 0 aliphatic rings. The highest BCUT2D eigenvalue weighted by molar-refractivity contribution is 8.01. The summed E-state index contributed by atoms with van der Waals surface area (Å²) in [6.07, 6.45) is 1.08. The minimum Gasteiger partial charge on any atom is -0.481 e. The number of carbonyl (C=O) groups is 1. The van der Waals surface area contributed by atoms with Gasteiger partial charge in [-0.05, 0) is 31.2 Å². The third kappa shape index (κ3) is 5.09. The van der Waals surface area contributed by atoms with E-state index in [1.807, 2.05) is 6.07 Å². The first-order valence-electron chi connectivity index (χ1n) is 6.67. The summed E-state index contributed by atoms with van der Waals surface area (Å²) in [5.41, 5.74) is 0.535. The average Bonchev–Trinajstić information content (AvgIpc) is 3.01. The minimum atomic E-state index is -0.698. The number of nitrogens with zero attached hydrogens (tertiary/aromatic N) is 3. The van der Waals surface area contributed by atoms with Crippen LogP contribution in [0, 0.1) is 11.3 Å². The molecule has 0 spiro atoms. The second-order valence-electron chi connectivity index (χ2n) is 4.36. The topological polar surface area (TPSA) is 87.9 Å².